The lowest BCUT2D eigenvalue weighted by molar-refractivity contribution is 0.104. The Morgan fingerprint density at radius 3 is 2.68 bits per heavy atom. The van der Waals surface area contributed by atoms with Gasteiger partial charge in [0.2, 0.25) is 0 Å². The average Bonchev–Trinajstić information content (AvgIpc) is 2.41. The van der Waals surface area contributed by atoms with Crippen LogP contribution in [0.5, 0.6) is 5.75 Å². The molecule has 1 aromatic rings. The molecule has 0 aliphatic rings. The molecule has 0 aromatic heterocycles. The summed E-state index contributed by atoms with van der Waals surface area (Å²) in [6.45, 7) is 5.60. The van der Waals surface area contributed by atoms with E-state index in [9.17, 15) is 5.11 Å². The molecule has 19 heavy (non-hydrogen) atoms. The first-order chi connectivity index (χ1) is 9.13. The second kappa shape index (κ2) is 8.91. The first-order valence-electron chi connectivity index (χ1n) is 6.74. The first-order valence-corrected chi connectivity index (χ1v) is 6.74. The molecule has 0 heterocycles. The van der Waals surface area contributed by atoms with E-state index in [4.69, 9.17) is 9.47 Å². The van der Waals surface area contributed by atoms with Crippen molar-refractivity contribution in [3.05, 3.63) is 29.8 Å². The molecule has 0 bridgehead atoms. The highest BCUT2D eigenvalue weighted by atomic mass is 16.5. The average molecular weight is 267 g/mol. The van der Waals surface area contributed by atoms with E-state index in [1.807, 2.05) is 38.1 Å². The van der Waals surface area contributed by atoms with E-state index in [1.165, 1.54) is 0 Å². The molecular formula is C15H25NO3. The molecule has 0 amide bonds. The summed E-state index contributed by atoms with van der Waals surface area (Å²) >= 11 is 0. The molecule has 0 spiro atoms. The molecule has 4 nitrogen and oxygen atoms in total. The Morgan fingerprint density at radius 2 is 2.00 bits per heavy atom. The van der Waals surface area contributed by atoms with Crippen LogP contribution < -0.4 is 10.1 Å². The van der Waals surface area contributed by atoms with Crippen LogP contribution in [0, 0.1) is 0 Å². The highest BCUT2D eigenvalue weighted by molar-refractivity contribution is 5.33. The summed E-state index contributed by atoms with van der Waals surface area (Å²) in [5, 5.41) is 13.0. The van der Waals surface area contributed by atoms with Gasteiger partial charge in [0.25, 0.3) is 0 Å². The van der Waals surface area contributed by atoms with Gasteiger partial charge >= 0.3 is 0 Å². The Balaban J connectivity index is 2.43. The van der Waals surface area contributed by atoms with Crippen molar-refractivity contribution < 1.29 is 14.6 Å². The Bertz CT molecular complexity index is 355. The number of aliphatic hydroxyl groups excluding tert-OH is 1. The molecule has 0 fully saturated rings. The molecule has 2 N–H and O–H groups in total. The van der Waals surface area contributed by atoms with Gasteiger partial charge in [-0.05, 0) is 18.1 Å². The third-order valence-electron chi connectivity index (χ3n) is 2.74. The second-order valence-electron chi connectivity index (χ2n) is 4.88. The summed E-state index contributed by atoms with van der Waals surface area (Å²) in [4.78, 5) is 0. The second-order valence-corrected chi connectivity index (χ2v) is 4.88. The van der Waals surface area contributed by atoms with Gasteiger partial charge in [-0.1, -0.05) is 32.0 Å². The van der Waals surface area contributed by atoms with Crippen LogP contribution in [-0.4, -0.2) is 44.1 Å². The first kappa shape index (κ1) is 16.0. The fourth-order valence-electron chi connectivity index (χ4n) is 1.68. The lowest BCUT2D eigenvalue weighted by atomic mass is 10.1. The van der Waals surface area contributed by atoms with Crippen LogP contribution in [-0.2, 0) is 11.2 Å². The monoisotopic (exact) mass is 267 g/mol. The van der Waals surface area contributed by atoms with Crippen LogP contribution in [0.15, 0.2) is 24.3 Å². The zero-order valence-corrected chi connectivity index (χ0v) is 12.1. The van der Waals surface area contributed by atoms with Gasteiger partial charge in [-0.3, -0.25) is 0 Å². The normalized spacial score (nSPS) is 12.7. The van der Waals surface area contributed by atoms with Crippen molar-refractivity contribution in [2.45, 2.75) is 32.4 Å². The lowest BCUT2D eigenvalue weighted by Gasteiger charge is -2.16. The largest absolute Gasteiger partial charge is 0.491 e. The quantitative estimate of drug-likeness (QED) is 0.714. The summed E-state index contributed by atoms with van der Waals surface area (Å²) in [6.07, 6.45) is 0.311. The van der Waals surface area contributed by atoms with E-state index in [0.29, 0.717) is 25.8 Å². The maximum atomic E-state index is 9.81. The number of ether oxygens (including phenoxy) is 2. The number of nitrogens with one attached hydrogen (secondary N) is 1. The van der Waals surface area contributed by atoms with Gasteiger partial charge in [0.15, 0.2) is 0 Å². The number of rotatable bonds is 9. The van der Waals surface area contributed by atoms with Gasteiger partial charge in [-0.15, -0.1) is 0 Å². The zero-order valence-electron chi connectivity index (χ0n) is 12.1. The number of benzene rings is 1. The van der Waals surface area contributed by atoms with Gasteiger partial charge in [0, 0.05) is 19.7 Å². The highest BCUT2D eigenvalue weighted by Gasteiger charge is 2.08. The number of aliphatic hydroxyl groups is 1. The molecule has 1 aromatic carbocycles. The Hall–Kier alpha value is -1.10. The Kier molecular flexibility index (Phi) is 7.48. The summed E-state index contributed by atoms with van der Waals surface area (Å²) in [5.41, 5.74) is 1.10. The summed E-state index contributed by atoms with van der Waals surface area (Å²) in [7, 11) is 1.69. The third kappa shape index (κ3) is 6.57. The minimum absolute atomic E-state index is 0.295. The third-order valence-corrected chi connectivity index (χ3v) is 2.74. The van der Waals surface area contributed by atoms with E-state index in [-0.39, 0.29) is 0 Å². The SMILES string of the molecule is COCCc1ccccc1OC[C@H](O)CNC(C)C. The number of methoxy groups -OCH3 is 1. The summed E-state index contributed by atoms with van der Waals surface area (Å²) in [5.74, 6) is 0.822. The fraction of sp³-hybridized carbons (Fsp3) is 0.600. The van der Waals surface area contributed by atoms with Gasteiger partial charge in [0.1, 0.15) is 18.5 Å². The van der Waals surface area contributed by atoms with Gasteiger partial charge in [0.05, 0.1) is 6.61 Å². The molecular weight excluding hydrogens is 242 g/mol. The summed E-state index contributed by atoms with van der Waals surface area (Å²) in [6, 6.07) is 8.23. The molecule has 0 saturated carbocycles. The van der Waals surface area contributed by atoms with E-state index in [1.54, 1.807) is 7.11 Å². The van der Waals surface area contributed by atoms with E-state index < -0.39 is 6.10 Å². The predicted octanol–water partition coefficient (Wildman–Crippen LogP) is 1.61. The molecule has 0 aliphatic carbocycles. The van der Waals surface area contributed by atoms with Crippen molar-refractivity contribution in [2.24, 2.45) is 0 Å². The molecule has 0 aliphatic heterocycles. The topological polar surface area (TPSA) is 50.7 Å². The minimum atomic E-state index is -0.502. The van der Waals surface area contributed by atoms with E-state index in [2.05, 4.69) is 5.32 Å². The van der Waals surface area contributed by atoms with Crippen LogP contribution in [0.1, 0.15) is 19.4 Å². The number of para-hydroxylation sites is 1. The van der Waals surface area contributed by atoms with E-state index in [0.717, 1.165) is 17.7 Å². The lowest BCUT2D eigenvalue weighted by Crippen LogP contribution is -2.35. The zero-order chi connectivity index (χ0) is 14.1. The highest BCUT2D eigenvalue weighted by Crippen LogP contribution is 2.18. The van der Waals surface area contributed by atoms with Crippen LogP contribution >= 0.6 is 0 Å². The van der Waals surface area contributed by atoms with E-state index >= 15 is 0 Å². The Morgan fingerprint density at radius 1 is 1.26 bits per heavy atom. The minimum Gasteiger partial charge on any atom is -0.491 e. The van der Waals surface area contributed by atoms with Gasteiger partial charge in [-0.2, -0.15) is 0 Å². The van der Waals surface area contributed by atoms with Crippen molar-refractivity contribution in [3.8, 4) is 5.75 Å². The fourth-order valence-corrected chi connectivity index (χ4v) is 1.68. The number of hydrogen-bond donors (Lipinski definition) is 2. The molecule has 0 radical (unpaired) electrons. The molecule has 108 valence electrons. The molecule has 0 unspecified atom stereocenters. The maximum absolute atomic E-state index is 9.81. The Labute approximate surface area is 115 Å². The van der Waals surface area contributed by atoms with Crippen LogP contribution in [0.4, 0.5) is 0 Å². The molecule has 1 atom stereocenters. The van der Waals surface area contributed by atoms with Crippen LogP contribution in [0.2, 0.25) is 0 Å². The van der Waals surface area contributed by atoms with Crippen molar-refractivity contribution in [3.63, 3.8) is 0 Å². The maximum Gasteiger partial charge on any atom is 0.122 e. The van der Waals surface area contributed by atoms with Gasteiger partial charge in [-0.25, -0.2) is 0 Å². The van der Waals surface area contributed by atoms with Crippen molar-refractivity contribution in [1.29, 1.82) is 0 Å². The van der Waals surface area contributed by atoms with Gasteiger partial charge < -0.3 is 19.9 Å². The molecule has 0 saturated heterocycles. The van der Waals surface area contributed by atoms with Crippen LogP contribution in [0.25, 0.3) is 0 Å². The summed E-state index contributed by atoms with van der Waals surface area (Å²) < 4.78 is 10.8. The molecule has 1 rings (SSSR count). The number of hydrogen-bond acceptors (Lipinski definition) is 4. The standard InChI is InChI=1S/C15H25NO3/c1-12(2)16-10-14(17)11-19-15-7-5-4-6-13(15)8-9-18-3/h4-7,12,14,16-17H,8-11H2,1-3H3/t14-/m1/s1. The molecule has 4 heteroatoms. The smallest absolute Gasteiger partial charge is 0.122 e. The van der Waals surface area contributed by atoms with Crippen molar-refractivity contribution in [1.82, 2.24) is 5.32 Å². The predicted molar refractivity (Wildman–Crippen MR) is 76.7 cm³/mol. The van der Waals surface area contributed by atoms with Crippen LogP contribution in [0.3, 0.4) is 0 Å². The van der Waals surface area contributed by atoms with Crippen molar-refractivity contribution >= 4 is 0 Å². The van der Waals surface area contributed by atoms with Crippen molar-refractivity contribution in [2.75, 3.05) is 26.9 Å².